The van der Waals surface area contributed by atoms with Crippen molar-refractivity contribution in [2.45, 2.75) is 49.1 Å². The van der Waals surface area contributed by atoms with Crippen LogP contribution >= 0.6 is 11.8 Å². The molecule has 2 saturated heterocycles. The molecule has 190 valence electrons. The number of ether oxygens (including phenoxy) is 1. The highest BCUT2D eigenvalue weighted by Crippen LogP contribution is 2.56. The van der Waals surface area contributed by atoms with Gasteiger partial charge in [0.15, 0.2) is 11.5 Å². The summed E-state index contributed by atoms with van der Waals surface area (Å²) < 4.78 is 3.77. The monoisotopic (exact) mass is 516 g/mol. The predicted molar refractivity (Wildman–Crippen MR) is 141 cm³/mol. The van der Waals surface area contributed by atoms with Gasteiger partial charge in [0, 0.05) is 5.56 Å². The number of fused-ring (bicyclic) bond motifs is 1. The molecule has 7 nitrogen and oxygen atoms in total. The minimum absolute atomic E-state index is 0.404. The van der Waals surface area contributed by atoms with Crippen molar-refractivity contribution in [3.63, 3.8) is 0 Å². The van der Waals surface area contributed by atoms with E-state index >= 15 is 0 Å². The molecule has 37 heavy (non-hydrogen) atoms. The molecule has 0 saturated carbocycles. The molecule has 2 amide bonds. The standard InChI is InChI=1S/C29H28N2O5S/c1-18-14-16-21(17-15-18)25(32)30-22-26(33)31(35)24(29(2,3)37-27(22)31)28(34)36-23(19-10-6-4-7-11-19)20-12-8-5-9-13-20/h4-17,22-24,27H,1-3H3,(H,30,32)/t22-,24+,27-,31?/m1/s1. The number of nitrogens with zero attached hydrogens (tertiary/aromatic N) is 1. The van der Waals surface area contributed by atoms with E-state index in [0.29, 0.717) is 5.56 Å². The number of benzene rings is 3. The zero-order valence-corrected chi connectivity index (χ0v) is 21.6. The molecule has 2 fully saturated rings. The number of carbonyl (C=O) groups is 3. The second kappa shape index (κ2) is 9.45. The molecule has 3 aromatic carbocycles. The molecule has 5 rings (SSSR count). The van der Waals surface area contributed by atoms with E-state index in [1.54, 1.807) is 38.1 Å². The van der Waals surface area contributed by atoms with Crippen molar-refractivity contribution < 1.29 is 23.8 Å². The second-order valence-corrected chi connectivity index (χ2v) is 11.8. The van der Waals surface area contributed by atoms with Crippen molar-refractivity contribution in [1.29, 1.82) is 0 Å². The number of thioether (sulfide) groups is 1. The lowest BCUT2D eigenvalue weighted by atomic mass is 9.94. The Morgan fingerprint density at radius 1 is 0.946 bits per heavy atom. The van der Waals surface area contributed by atoms with Crippen LogP contribution in [0.2, 0.25) is 0 Å². The molecule has 2 heterocycles. The largest absolute Gasteiger partial charge is 0.624 e. The molecule has 0 spiro atoms. The number of β-lactam (4-membered cyclic amide) rings is 1. The van der Waals surface area contributed by atoms with E-state index in [1.807, 2.05) is 67.6 Å². The number of amides is 2. The minimum atomic E-state index is -1.34. The van der Waals surface area contributed by atoms with Gasteiger partial charge in [0.2, 0.25) is 12.1 Å². The number of esters is 1. The van der Waals surface area contributed by atoms with Gasteiger partial charge in [-0.1, -0.05) is 90.1 Å². The maximum absolute atomic E-state index is 14.0. The van der Waals surface area contributed by atoms with Crippen LogP contribution in [0.25, 0.3) is 0 Å². The van der Waals surface area contributed by atoms with Gasteiger partial charge in [-0.2, -0.15) is 0 Å². The molecule has 3 aromatic rings. The highest BCUT2D eigenvalue weighted by molar-refractivity contribution is 8.01. The Morgan fingerprint density at radius 3 is 2.03 bits per heavy atom. The fraction of sp³-hybridized carbons (Fsp3) is 0.276. The zero-order valence-electron chi connectivity index (χ0n) is 20.8. The third-order valence-corrected chi connectivity index (χ3v) is 8.66. The first-order chi connectivity index (χ1) is 17.6. The molecule has 1 N–H and O–H groups in total. The SMILES string of the molecule is Cc1ccc(C(=O)N[C@@H]2C(=O)[N+]3([O-])[C@@H]2SC(C)(C)[C@@H]3C(=O)OC(c2ccccc2)c2ccccc2)cc1. The molecule has 0 bridgehead atoms. The predicted octanol–water partition coefficient (Wildman–Crippen LogP) is 4.50. The first-order valence-corrected chi connectivity index (χ1v) is 13.0. The van der Waals surface area contributed by atoms with E-state index in [1.165, 1.54) is 11.8 Å². The van der Waals surface area contributed by atoms with Crippen LogP contribution in [0.3, 0.4) is 0 Å². The van der Waals surface area contributed by atoms with E-state index in [-0.39, 0.29) is 0 Å². The van der Waals surface area contributed by atoms with Gasteiger partial charge in [-0.3, -0.25) is 9.44 Å². The topological polar surface area (TPSA) is 95.5 Å². The Balaban J connectivity index is 1.39. The molecular weight excluding hydrogens is 488 g/mol. The van der Waals surface area contributed by atoms with Gasteiger partial charge in [-0.25, -0.2) is 9.59 Å². The van der Waals surface area contributed by atoms with Gasteiger partial charge < -0.3 is 15.3 Å². The number of hydroxylamine groups is 3. The van der Waals surface area contributed by atoms with Gasteiger partial charge in [0.25, 0.3) is 5.91 Å². The second-order valence-electron chi connectivity index (χ2n) is 10.0. The molecular formula is C29H28N2O5S. The van der Waals surface area contributed by atoms with E-state index in [0.717, 1.165) is 16.7 Å². The summed E-state index contributed by atoms with van der Waals surface area (Å²) in [4.78, 5) is 39.6. The third-order valence-electron chi connectivity index (χ3n) is 7.00. The van der Waals surface area contributed by atoms with Crippen LogP contribution in [-0.2, 0) is 14.3 Å². The highest BCUT2D eigenvalue weighted by Gasteiger charge is 2.74. The first kappa shape index (κ1) is 25.2. The van der Waals surface area contributed by atoms with Gasteiger partial charge in [-0.15, -0.1) is 0 Å². The summed E-state index contributed by atoms with van der Waals surface area (Å²) in [6.45, 7) is 5.45. The fourth-order valence-electron chi connectivity index (χ4n) is 5.13. The van der Waals surface area contributed by atoms with E-state index in [2.05, 4.69) is 5.32 Å². The summed E-state index contributed by atoms with van der Waals surface area (Å²) in [6, 6.07) is 23.3. The molecule has 0 radical (unpaired) electrons. The van der Waals surface area contributed by atoms with Gasteiger partial charge in [0.1, 0.15) is 0 Å². The lowest BCUT2D eigenvalue weighted by molar-refractivity contribution is -0.857. The Hall–Kier alpha value is -3.46. The van der Waals surface area contributed by atoms with Crippen LogP contribution in [-0.4, -0.2) is 44.6 Å². The van der Waals surface area contributed by atoms with E-state index in [4.69, 9.17) is 4.74 Å². The van der Waals surface area contributed by atoms with Crippen molar-refractivity contribution in [2.24, 2.45) is 0 Å². The van der Waals surface area contributed by atoms with Crippen molar-refractivity contribution in [3.8, 4) is 0 Å². The molecule has 8 heteroatoms. The number of carbonyl (C=O) groups excluding carboxylic acids is 3. The Morgan fingerprint density at radius 2 is 1.49 bits per heavy atom. The van der Waals surface area contributed by atoms with Gasteiger partial charge >= 0.3 is 11.9 Å². The summed E-state index contributed by atoms with van der Waals surface area (Å²) >= 11 is 1.25. The third kappa shape index (κ3) is 4.35. The summed E-state index contributed by atoms with van der Waals surface area (Å²) in [6.07, 6.45) is -0.727. The lowest BCUT2D eigenvalue weighted by Crippen LogP contribution is -2.79. The summed E-state index contributed by atoms with van der Waals surface area (Å²) in [5.74, 6) is -1.90. The van der Waals surface area contributed by atoms with Crippen molar-refractivity contribution in [3.05, 3.63) is 112 Å². The average molecular weight is 517 g/mol. The van der Waals surface area contributed by atoms with E-state index in [9.17, 15) is 19.6 Å². The number of hydrogen-bond acceptors (Lipinski definition) is 6. The van der Waals surface area contributed by atoms with Crippen LogP contribution in [0.15, 0.2) is 84.9 Å². The number of hydrogen-bond donors (Lipinski definition) is 1. The number of nitrogens with one attached hydrogen (secondary N) is 1. The molecule has 2 aliphatic heterocycles. The van der Waals surface area contributed by atoms with Crippen molar-refractivity contribution >= 4 is 29.5 Å². The maximum Gasteiger partial charge on any atom is 0.368 e. The molecule has 1 unspecified atom stereocenters. The van der Waals surface area contributed by atoms with Crippen LogP contribution in [0, 0.1) is 12.1 Å². The normalized spacial score (nSPS) is 25.8. The van der Waals surface area contributed by atoms with Gasteiger partial charge in [0.05, 0.1) is 4.75 Å². The zero-order chi connectivity index (χ0) is 26.4. The Labute approximate surface area is 220 Å². The Bertz CT molecular complexity index is 1290. The summed E-state index contributed by atoms with van der Waals surface area (Å²) in [7, 11) is 0. The number of aryl methyl sites for hydroxylation is 1. The number of quaternary nitrogens is 1. The van der Waals surface area contributed by atoms with Crippen LogP contribution in [0.1, 0.15) is 47.0 Å². The maximum atomic E-state index is 14.0. The Kier molecular flexibility index (Phi) is 6.43. The van der Waals surface area contributed by atoms with Crippen molar-refractivity contribution in [2.75, 3.05) is 0 Å². The number of rotatable bonds is 6. The quantitative estimate of drug-likeness (QED) is 0.224. The van der Waals surface area contributed by atoms with Gasteiger partial charge in [-0.05, 0) is 44.0 Å². The lowest BCUT2D eigenvalue weighted by Gasteiger charge is -2.54. The fourth-order valence-corrected chi connectivity index (χ4v) is 6.84. The average Bonchev–Trinajstić information content (AvgIpc) is 3.09. The molecule has 0 aliphatic carbocycles. The molecule has 2 aliphatic rings. The van der Waals surface area contributed by atoms with Crippen LogP contribution < -0.4 is 5.32 Å². The molecule has 4 atom stereocenters. The van der Waals surface area contributed by atoms with Crippen molar-refractivity contribution in [1.82, 2.24) is 5.32 Å². The first-order valence-electron chi connectivity index (χ1n) is 12.1. The minimum Gasteiger partial charge on any atom is -0.624 e. The highest BCUT2D eigenvalue weighted by atomic mass is 32.2. The van der Waals surface area contributed by atoms with Crippen LogP contribution in [0.4, 0.5) is 0 Å². The van der Waals surface area contributed by atoms with Crippen LogP contribution in [0.5, 0.6) is 0 Å². The summed E-state index contributed by atoms with van der Waals surface area (Å²) in [5, 5.41) is 15.9. The summed E-state index contributed by atoms with van der Waals surface area (Å²) in [5.41, 5.74) is 2.93. The molecule has 0 aromatic heterocycles. The smallest absolute Gasteiger partial charge is 0.368 e. The van der Waals surface area contributed by atoms with E-state index < -0.39 is 50.7 Å².